The molecule has 1 aliphatic heterocycles. The third kappa shape index (κ3) is 4.77. The first-order valence-corrected chi connectivity index (χ1v) is 12.0. The summed E-state index contributed by atoms with van der Waals surface area (Å²) in [7, 11) is 1.69. The van der Waals surface area contributed by atoms with E-state index in [1.807, 2.05) is 18.3 Å². The van der Waals surface area contributed by atoms with Gasteiger partial charge in [-0.05, 0) is 48.2 Å². The summed E-state index contributed by atoms with van der Waals surface area (Å²) >= 11 is 0. The lowest BCUT2D eigenvalue weighted by atomic mass is 9.81. The fourth-order valence-electron chi connectivity index (χ4n) is 5.66. The number of aromatic nitrogens is 1. The summed E-state index contributed by atoms with van der Waals surface area (Å²) in [5, 5.41) is 10.4. The van der Waals surface area contributed by atoms with Crippen LogP contribution >= 0.6 is 0 Å². The Morgan fingerprint density at radius 3 is 2.60 bits per heavy atom. The van der Waals surface area contributed by atoms with Crippen LogP contribution in [0.5, 0.6) is 5.75 Å². The molecular weight excluding hydrogens is 452 g/mol. The van der Waals surface area contributed by atoms with Gasteiger partial charge in [0.1, 0.15) is 5.75 Å². The van der Waals surface area contributed by atoms with Crippen LogP contribution in [-0.2, 0) is 6.54 Å². The van der Waals surface area contributed by atoms with Crippen LogP contribution in [0.4, 0.5) is 8.78 Å². The average Bonchev–Trinajstić information content (AvgIpc) is 3.31. The highest BCUT2D eigenvalue weighted by Gasteiger charge is 2.46. The van der Waals surface area contributed by atoms with Gasteiger partial charge in [0, 0.05) is 74.3 Å². The molecule has 0 bridgehead atoms. The number of rotatable bonds is 7. The van der Waals surface area contributed by atoms with Crippen molar-refractivity contribution < 1.29 is 23.4 Å². The van der Waals surface area contributed by atoms with Gasteiger partial charge in [0.2, 0.25) is 5.92 Å². The molecule has 2 aromatic carbocycles. The summed E-state index contributed by atoms with van der Waals surface area (Å²) < 4.78 is 32.6. The maximum Gasteiger partial charge on any atom is 0.335 e. The maximum absolute atomic E-state index is 13.4. The van der Waals surface area contributed by atoms with E-state index < -0.39 is 11.9 Å². The highest BCUT2D eigenvalue weighted by atomic mass is 19.3. The van der Waals surface area contributed by atoms with Gasteiger partial charge in [-0.15, -0.1) is 0 Å². The topological polar surface area (TPSA) is 68.8 Å². The van der Waals surface area contributed by atoms with Gasteiger partial charge in [-0.3, -0.25) is 9.80 Å². The standard InChI is InChI=1S/C27H31F2N3O3/c1-17-11-24(35-2)22(21-7-8-30-25(17)21)15-32-10-9-31(14-18-12-27(28,29)13-18)16-23(32)19-3-5-20(6-4-19)26(33)34/h3-8,11,18,23,30H,9-10,12-16H2,1-2H3,(H,33,34)/t23-/m1/s1. The molecule has 5 rings (SSSR count). The Hall–Kier alpha value is -2.97. The molecule has 186 valence electrons. The van der Waals surface area contributed by atoms with Crippen molar-refractivity contribution in [2.45, 2.75) is 38.3 Å². The molecule has 0 radical (unpaired) electrons. The van der Waals surface area contributed by atoms with Gasteiger partial charge in [0.15, 0.2) is 0 Å². The quantitative estimate of drug-likeness (QED) is 0.490. The van der Waals surface area contributed by atoms with Gasteiger partial charge in [0.05, 0.1) is 12.7 Å². The summed E-state index contributed by atoms with van der Waals surface area (Å²) in [6.45, 7) is 5.68. The van der Waals surface area contributed by atoms with Crippen LogP contribution in [0.3, 0.4) is 0 Å². The van der Waals surface area contributed by atoms with Crippen LogP contribution in [0.15, 0.2) is 42.6 Å². The Balaban J connectivity index is 1.43. The van der Waals surface area contributed by atoms with Crippen LogP contribution in [0.25, 0.3) is 10.9 Å². The van der Waals surface area contributed by atoms with Crippen molar-refractivity contribution >= 4 is 16.9 Å². The molecule has 3 aromatic rings. The smallest absolute Gasteiger partial charge is 0.335 e. The van der Waals surface area contributed by atoms with Crippen molar-refractivity contribution in [1.82, 2.24) is 14.8 Å². The van der Waals surface area contributed by atoms with E-state index in [9.17, 15) is 18.7 Å². The number of piperazine rings is 1. The number of nitrogens with zero attached hydrogens (tertiary/aromatic N) is 2. The Bertz CT molecular complexity index is 1220. The minimum absolute atomic E-state index is 0.00665. The number of hydrogen-bond acceptors (Lipinski definition) is 4. The Morgan fingerprint density at radius 2 is 1.94 bits per heavy atom. The lowest BCUT2D eigenvalue weighted by molar-refractivity contribution is -0.119. The summed E-state index contributed by atoms with van der Waals surface area (Å²) in [4.78, 5) is 19.4. The molecule has 1 saturated carbocycles. The molecule has 35 heavy (non-hydrogen) atoms. The zero-order valence-corrected chi connectivity index (χ0v) is 20.1. The largest absolute Gasteiger partial charge is 0.496 e. The highest BCUT2D eigenvalue weighted by molar-refractivity contribution is 5.88. The van der Waals surface area contributed by atoms with Crippen LogP contribution in [-0.4, -0.2) is 65.1 Å². The minimum atomic E-state index is -2.51. The van der Waals surface area contributed by atoms with Gasteiger partial charge in [-0.1, -0.05) is 12.1 Å². The number of benzene rings is 2. The van der Waals surface area contributed by atoms with E-state index in [0.29, 0.717) is 19.6 Å². The number of nitrogens with one attached hydrogen (secondary N) is 1. The number of alkyl halides is 2. The van der Waals surface area contributed by atoms with Gasteiger partial charge in [-0.2, -0.15) is 0 Å². The number of aromatic carboxylic acids is 1. The molecule has 0 unspecified atom stereocenters. The number of aromatic amines is 1. The number of carbonyl (C=O) groups is 1. The SMILES string of the molecule is COc1cc(C)c2[nH]ccc2c1CN1CCN(CC2CC(F)(F)C2)C[C@@H]1c1ccc(C(=O)O)cc1. The monoisotopic (exact) mass is 483 g/mol. The molecule has 8 heteroatoms. The number of methoxy groups -OCH3 is 1. The number of aryl methyl sites for hydroxylation is 1. The zero-order valence-electron chi connectivity index (χ0n) is 20.1. The van der Waals surface area contributed by atoms with Gasteiger partial charge < -0.3 is 14.8 Å². The number of carboxylic acids is 1. The summed E-state index contributed by atoms with van der Waals surface area (Å²) in [5.41, 5.74) is 4.59. The second kappa shape index (κ2) is 9.24. The molecule has 2 N–H and O–H groups in total. The van der Waals surface area contributed by atoms with E-state index >= 15 is 0 Å². The predicted octanol–water partition coefficient (Wildman–Crippen LogP) is 5.09. The second-order valence-corrected chi connectivity index (χ2v) is 9.94. The van der Waals surface area contributed by atoms with Gasteiger partial charge in [0.25, 0.3) is 0 Å². The Kier molecular flexibility index (Phi) is 6.27. The molecule has 0 spiro atoms. The number of carboxylic acid groups (broad SMARTS) is 1. The Morgan fingerprint density at radius 1 is 1.20 bits per heavy atom. The van der Waals surface area contributed by atoms with E-state index in [-0.39, 0.29) is 30.4 Å². The first kappa shape index (κ1) is 23.8. The summed E-state index contributed by atoms with van der Waals surface area (Å²) in [6, 6.07) is 11.2. The molecule has 1 aromatic heterocycles. The lowest BCUT2D eigenvalue weighted by Crippen LogP contribution is -2.51. The first-order chi connectivity index (χ1) is 16.7. The number of halogens is 2. The fraction of sp³-hybridized carbons (Fsp3) is 0.444. The van der Waals surface area contributed by atoms with Crippen molar-refractivity contribution in [3.8, 4) is 5.75 Å². The zero-order chi connectivity index (χ0) is 24.7. The third-order valence-corrected chi connectivity index (χ3v) is 7.50. The number of hydrogen-bond donors (Lipinski definition) is 2. The van der Waals surface area contributed by atoms with Crippen molar-refractivity contribution in [3.63, 3.8) is 0 Å². The summed E-state index contributed by atoms with van der Waals surface area (Å²) in [6.07, 6.45) is 1.88. The fourth-order valence-corrected chi connectivity index (χ4v) is 5.66. The summed E-state index contributed by atoms with van der Waals surface area (Å²) in [5.74, 6) is -2.59. The van der Waals surface area contributed by atoms with Crippen molar-refractivity contribution in [3.05, 3.63) is 64.8 Å². The number of H-pyrrole nitrogens is 1. The first-order valence-electron chi connectivity index (χ1n) is 12.0. The Labute approximate surface area is 203 Å². The van der Waals surface area contributed by atoms with Crippen LogP contribution in [0, 0.1) is 12.8 Å². The number of ether oxygens (including phenoxy) is 1. The molecular formula is C27H31F2N3O3. The van der Waals surface area contributed by atoms with Gasteiger partial charge in [-0.25, -0.2) is 13.6 Å². The molecule has 2 fully saturated rings. The predicted molar refractivity (Wildman–Crippen MR) is 130 cm³/mol. The molecule has 2 aliphatic rings. The molecule has 1 atom stereocenters. The van der Waals surface area contributed by atoms with E-state index in [0.717, 1.165) is 46.4 Å². The van der Waals surface area contributed by atoms with Crippen molar-refractivity contribution in [2.24, 2.45) is 5.92 Å². The van der Waals surface area contributed by atoms with Crippen molar-refractivity contribution in [2.75, 3.05) is 33.3 Å². The number of fused-ring (bicyclic) bond motifs is 1. The third-order valence-electron chi connectivity index (χ3n) is 7.50. The molecule has 1 aliphatic carbocycles. The second-order valence-electron chi connectivity index (χ2n) is 9.94. The minimum Gasteiger partial charge on any atom is -0.496 e. The van der Waals surface area contributed by atoms with Gasteiger partial charge >= 0.3 is 5.97 Å². The normalized spacial score (nSPS) is 21.2. The van der Waals surface area contributed by atoms with E-state index in [2.05, 4.69) is 33.8 Å². The maximum atomic E-state index is 13.4. The molecule has 1 saturated heterocycles. The highest BCUT2D eigenvalue weighted by Crippen LogP contribution is 2.43. The van der Waals surface area contributed by atoms with Crippen LogP contribution in [0.2, 0.25) is 0 Å². The molecule has 2 heterocycles. The van der Waals surface area contributed by atoms with E-state index in [4.69, 9.17) is 4.74 Å². The molecule has 0 amide bonds. The molecule has 6 nitrogen and oxygen atoms in total. The van der Waals surface area contributed by atoms with E-state index in [1.165, 1.54) is 0 Å². The van der Waals surface area contributed by atoms with Crippen molar-refractivity contribution in [1.29, 1.82) is 0 Å². The van der Waals surface area contributed by atoms with Crippen LogP contribution < -0.4 is 4.74 Å². The van der Waals surface area contributed by atoms with E-state index in [1.54, 1.807) is 19.2 Å². The average molecular weight is 484 g/mol. The van der Waals surface area contributed by atoms with Crippen LogP contribution in [0.1, 0.15) is 45.9 Å². The lowest BCUT2D eigenvalue weighted by Gasteiger charge is -2.45.